The fourth-order valence-electron chi connectivity index (χ4n) is 2.30. The Hall–Kier alpha value is -3.22. The van der Waals surface area contributed by atoms with E-state index < -0.39 is 11.8 Å². The number of rotatable bonds is 7. The van der Waals surface area contributed by atoms with E-state index in [4.69, 9.17) is 9.47 Å². The van der Waals surface area contributed by atoms with Crippen LogP contribution in [0.1, 0.15) is 6.42 Å². The Kier molecular flexibility index (Phi) is 6.43. The molecule has 2 rings (SSSR count). The maximum absolute atomic E-state index is 12.1. The second-order valence-electron chi connectivity index (χ2n) is 5.78. The van der Waals surface area contributed by atoms with E-state index in [-0.39, 0.29) is 6.42 Å². The molecular weight excluding hydrogens is 334 g/mol. The molecule has 0 heterocycles. The molecule has 7 nitrogen and oxygen atoms in total. The van der Waals surface area contributed by atoms with Crippen LogP contribution in [-0.2, 0) is 9.59 Å². The Bertz CT molecular complexity index is 773. The first-order valence-electron chi connectivity index (χ1n) is 8.02. The molecule has 0 spiro atoms. The van der Waals surface area contributed by atoms with Gasteiger partial charge in [0.25, 0.3) is 0 Å². The molecule has 0 aliphatic rings. The van der Waals surface area contributed by atoms with Crippen LogP contribution in [0.4, 0.5) is 17.1 Å². The Morgan fingerprint density at radius 1 is 0.923 bits per heavy atom. The zero-order valence-electron chi connectivity index (χ0n) is 15.3. The molecule has 0 bridgehead atoms. The van der Waals surface area contributed by atoms with Crippen molar-refractivity contribution in [2.45, 2.75) is 6.42 Å². The van der Waals surface area contributed by atoms with Crippen LogP contribution in [0.3, 0.4) is 0 Å². The summed E-state index contributed by atoms with van der Waals surface area (Å²) in [5, 5.41) is 5.37. The summed E-state index contributed by atoms with van der Waals surface area (Å²) in [4.78, 5) is 26.2. The van der Waals surface area contributed by atoms with Crippen LogP contribution < -0.4 is 25.0 Å². The first-order valence-corrected chi connectivity index (χ1v) is 8.02. The smallest absolute Gasteiger partial charge is 0.233 e. The van der Waals surface area contributed by atoms with Gasteiger partial charge in [0.2, 0.25) is 11.8 Å². The van der Waals surface area contributed by atoms with Crippen molar-refractivity contribution in [3.05, 3.63) is 42.5 Å². The van der Waals surface area contributed by atoms with E-state index in [0.717, 1.165) is 5.69 Å². The molecule has 26 heavy (non-hydrogen) atoms. The van der Waals surface area contributed by atoms with Gasteiger partial charge in [0.1, 0.15) is 17.9 Å². The standard InChI is InChI=1S/C19H23N3O4/c1-22(2)14-7-5-13(6-8-14)20-18(23)12-19(24)21-16-11-15(25-3)9-10-17(16)26-4/h5-11H,12H2,1-4H3,(H,20,23)(H,21,24). The lowest BCUT2D eigenvalue weighted by Gasteiger charge is -2.13. The Morgan fingerprint density at radius 3 is 2.15 bits per heavy atom. The third-order valence-corrected chi connectivity index (χ3v) is 3.67. The van der Waals surface area contributed by atoms with Crippen LogP contribution in [-0.4, -0.2) is 40.1 Å². The molecular formula is C19H23N3O4. The highest BCUT2D eigenvalue weighted by molar-refractivity contribution is 6.08. The maximum atomic E-state index is 12.1. The van der Waals surface area contributed by atoms with Gasteiger partial charge in [0.15, 0.2) is 0 Å². The van der Waals surface area contributed by atoms with Gasteiger partial charge in [-0.2, -0.15) is 0 Å². The molecule has 0 unspecified atom stereocenters. The number of methoxy groups -OCH3 is 2. The van der Waals surface area contributed by atoms with E-state index in [9.17, 15) is 9.59 Å². The van der Waals surface area contributed by atoms with Crippen molar-refractivity contribution in [2.24, 2.45) is 0 Å². The van der Waals surface area contributed by atoms with Crippen molar-refractivity contribution in [1.29, 1.82) is 0 Å². The van der Waals surface area contributed by atoms with Gasteiger partial charge in [-0.05, 0) is 36.4 Å². The lowest BCUT2D eigenvalue weighted by Crippen LogP contribution is -2.21. The number of nitrogens with zero attached hydrogens (tertiary/aromatic N) is 1. The molecule has 0 radical (unpaired) electrons. The summed E-state index contributed by atoms with van der Waals surface area (Å²) < 4.78 is 10.3. The minimum Gasteiger partial charge on any atom is -0.497 e. The summed E-state index contributed by atoms with van der Waals surface area (Å²) in [6.07, 6.45) is -0.310. The normalized spacial score (nSPS) is 10.0. The molecule has 0 aromatic heterocycles. The molecule has 0 saturated heterocycles. The topological polar surface area (TPSA) is 79.9 Å². The molecule has 0 aliphatic heterocycles. The average Bonchev–Trinajstić information content (AvgIpc) is 2.61. The van der Waals surface area contributed by atoms with Crippen LogP contribution in [0, 0.1) is 0 Å². The van der Waals surface area contributed by atoms with E-state index in [1.807, 2.05) is 31.1 Å². The highest BCUT2D eigenvalue weighted by Crippen LogP contribution is 2.29. The number of anilines is 3. The summed E-state index contributed by atoms with van der Waals surface area (Å²) in [7, 11) is 6.90. The molecule has 0 atom stereocenters. The lowest BCUT2D eigenvalue weighted by atomic mass is 10.2. The Labute approximate surface area is 152 Å². The van der Waals surface area contributed by atoms with Gasteiger partial charge < -0.3 is 25.0 Å². The highest BCUT2D eigenvalue weighted by atomic mass is 16.5. The quantitative estimate of drug-likeness (QED) is 0.745. The second-order valence-corrected chi connectivity index (χ2v) is 5.78. The number of nitrogens with one attached hydrogen (secondary N) is 2. The van der Waals surface area contributed by atoms with Crippen molar-refractivity contribution in [3.8, 4) is 11.5 Å². The molecule has 0 saturated carbocycles. The maximum Gasteiger partial charge on any atom is 0.233 e. The second kappa shape index (κ2) is 8.75. The van der Waals surface area contributed by atoms with E-state index in [1.165, 1.54) is 14.2 Å². The van der Waals surface area contributed by atoms with Gasteiger partial charge in [-0.3, -0.25) is 9.59 Å². The Morgan fingerprint density at radius 2 is 1.58 bits per heavy atom. The zero-order chi connectivity index (χ0) is 19.1. The third-order valence-electron chi connectivity index (χ3n) is 3.67. The predicted molar refractivity (Wildman–Crippen MR) is 102 cm³/mol. The molecule has 0 aliphatic carbocycles. The molecule has 2 aromatic rings. The molecule has 0 fully saturated rings. The predicted octanol–water partition coefficient (Wildman–Crippen LogP) is 2.74. The largest absolute Gasteiger partial charge is 0.497 e. The van der Waals surface area contributed by atoms with E-state index in [2.05, 4.69) is 10.6 Å². The summed E-state index contributed by atoms with van der Waals surface area (Å²) in [5.41, 5.74) is 2.10. The van der Waals surface area contributed by atoms with E-state index in [1.54, 1.807) is 30.3 Å². The fraction of sp³-hybridized carbons (Fsp3) is 0.263. The number of ether oxygens (including phenoxy) is 2. The van der Waals surface area contributed by atoms with Crippen LogP contribution in [0.2, 0.25) is 0 Å². The lowest BCUT2D eigenvalue weighted by molar-refractivity contribution is -0.123. The number of hydrogen-bond acceptors (Lipinski definition) is 5. The SMILES string of the molecule is COc1ccc(OC)c(NC(=O)CC(=O)Nc2ccc(N(C)C)cc2)c1. The van der Waals surface area contributed by atoms with Crippen LogP contribution in [0.25, 0.3) is 0 Å². The van der Waals surface area contributed by atoms with Crippen LogP contribution in [0.5, 0.6) is 11.5 Å². The molecule has 2 amide bonds. The summed E-state index contributed by atoms with van der Waals surface area (Å²) in [5.74, 6) is 0.214. The third kappa shape index (κ3) is 5.14. The minimum atomic E-state index is -0.445. The van der Waals surface area contributed by atoms with E-state index >= 15 is 0 Å². The van der Waals surface area contributed by atoms with Gasteiger partial charge in [-0.15, -0.1) is 0 Å². The number of amides is 2. The van der Waals surface area contributed by atoms with Gasteiger partial charge in [-0.1, -0.05) is 0 Å². The number of carbonyl (C=O) groups is 2. The van der Waals surface area contributed by atoms with Crippen LogP contribution >= 0.6 is 0 Å². The average molecular weight is 357 g/mol. The highest BCUT2D eigenvalue weighted by Gasteiger charge is 2.13. The Balaban J connectivity index is 1.96. The summed E-state index contributed by atoms with van der Waals surface area (Å²) in [6.45, 7) is 0. The summed E-state index contributed by atoms with van der Waals surface area (Å²) >= 11 is 0. The first kappa shape index (κ1) is 19.1. The van der Waals surface area contributed by atoms with Gasteiger partial charge in [0.05, 0.1) is 19.9 Å². The molecule has 2 aromatic carbocycles. The van der Waals surface area contributed by atoms with Crippen molar-refractivity contribution in [2.75, 3.05) is 43.8 Å². The van der Waals surface area contributed by atoms with Crippen molar-refractivity contribution < 1.29 is 19.1 Å². The van der Waals surface area contributed by atoms with E-state index in [0.29, 0.717) is 22.9 Å². The fourth-order valence-corrected chi connectivity index (χ4v) is 2.30. The van der Waals surface area contributed by atoms with Crippen molar-refractivity contribution in [3.63, 3.8) is 0 Å². The monoisotopic (exact) mass is 357 g/mol. The van der Waals surface area contributed by atoms with Gasteiger partial charge in [0, 0.05) is 31.5 Å². The first-order chi connectivity index (χ1) is 12.4. The van der Waals surface area contributed by atoms with Crippen LogP contribution in [0.15, 0.2) is 42.5 Å². The summed E-state index contributed by atoms with van der Waals surface area (Å²) in [6, 6.07) is 12.4. The molecule has 2 N–H and O–H groups in total. The zero-order valence-corrected chi connectivity index (χ0v) is 15.3. The number of carbonyl (C=O) groups excluding carboxylic acids is 2. The molecule has 7 heteroatoms. The number of hydrogen-bond donors (Lipinski definition) is 2. The molecule has 138 valence electrons. The van der Waals surface area contributed by atoms with Crippen molar-refractivity contribution in [1.82, 2.24) is 0 Å². The van der Waals surface area contributed by atoms with Gasteiger partial charge >= 0.3 is 0 Å². The van der Waals surface area contributed by atoms with Gasteiger partial charge in [-0.25, -0.2) is 0 Å². The number of benzene rings is 2. The van der Waals surface area contributed by atoms with Crippen molar-refractivity contribution >= 4 is 28.9 Å². The minimum absolute atomic E-state index is 0.310.